The molecule has 0 saturated carbocycles. The minimum Gasteiger partial charge on any atom is -0.294 e. The van der Waals surface area contributed by atoms with Gasteiger partial charge in [-0.3, -0.25) is 9.78 Å². The van der Waals surface area contributed by atoms with Crippen LogP contribution in [0.5, 0.6) is 0 Å². The lowest BCUT2D eigenvalue weighted by molar-refractivity contribution is -0.348. The topological polar surface area (TPSA) is 30.0 Å². The first kappa shape index (κ1) is 24.0. The monoisotopic (exact) mass is 477 g/mol. The molecule has 0 aliphatic rings. The van der Waals surface area contributed by atoms with Gasteiger partial charge in [0.05, 0.1) is 10.5 Å². The average molecular weight is 478 g/mol. The zero-order valence-corrected chi connectivity index (χ0v) is 17.4. The van der Waals surface area contributed by atoms with Gasteiger partial charge in [0.1, 0.15) is 0 Å². The Morgan fingerprint density at radius 2 is 1.47 bits per heavy atom. The van der Waals surface area contributed by atoms with E-state index in [9.17, 15) is 35.5 Å². The maximum absolute atomic E-state index is 14.4. The standard InChI is InChI=1S/C22H15ClF7NO/c1-11-5-15(20(24,21(25,26)27)22(28,29)30)6-12(2)17(11)9-19(32)13-3-4-18-14(7-13)8-16(23)10-31-18/h3-8,10H,9H2,1-2H3. The predicted molar refractivity (Wildman–Crippen MR) is 106 cm³/mol. The second kappa shape index (κ2) is 8.03. The van der Waals surface area contributed by atoms with Crippen molar-refractivity contribution in [3.63, 3.8) is 0 Å². The van der Waals surface area contributed by atoms with E-state index in [1.54, 1.807) is 12.1 Å². The largest absolute Gasteiger partial charge is 0.435 e. The lowest BCUT2D eigenvalue weighted by Crippen LogP contribution is -2.50. The van der Waals surface area contributed by atoms with E-state index in [0.717, 1.165) is 0 Å². The molecule has 1 heterocycles. The van der Waals surface area contributed by atoms with E-state index < -0.39 is 29.4 Å². The Hall–Kier alpha value is -2.68. The van der Waals surface area contributed by atoms with Gasteiger partial charge in [-0.15, -0.1) is 0 Å². The highest BCUT2D eigenvalue weighted by Crippen LogP contribution is 2.53. The Kier molecular flexibility index (Phi) is 6.01. The minimum atomic E-state index is -6.21. The van der Waals surface area contributed by atoms with Crippen LogP contribution in [0.15, 0.2) is 42.6 Å². The third-order valence-corrected chi connectivity index (χ3v) is 5.39. The summed E-state index contributed by atoms with van der Waals surface area (Å²) in [5, 5.41) is 0.943. The first-order valence-corrected chi connectivity index (χ1v) is 9.54. The number of hydrogen-bond donors (Lipinski definition) is 0. The number of Topliss-reactive ketones (excluding diaryl/α,β-unsaturated/α-hetero) is 1. The first-order chi connectivity index (χ1) is 14.6. The number of halogens is 8. The van der Waals surface area contributed by atoms with Crippen LogP contribution in [0.2, 0.25) is 5.02 Å². The Morgan fingerprint density at radius 3 is 2.00 bits per heavy atom. The van der Waals surface area contributed by atoms with Crippen molar-refractivity contribution in [2.75, 3.05) is 0 Å². The van der Waals surface area contributed by atoms with Gasteiger partial charge in [0.25, 0.3) is 0 Å². The fourth-order valence-corrected chi connectivity index (χ4v) is 3.67. The van der Waals surface area contributed by atoms with Gasteiger partial charge in [0.15, 0.2) is 5.78 Å². The van der Waals surface area contributed by atoms with Gasteiger partial charge in [-0.05, 0) is 54.8 Å². The molecule has 0 amide bonds. The molecule has 2 nitrogen and oxygen atoms in total. The van der Waals surface area contributed by atoms with Crippen molar-refractivity contribution >= 4 is 28.3 Å². The SMILES string of the molecule is Cc1cc(C(F)(C(F)(F)F)C(F)(F)F)cc(C)c1CC(=O)c1ccc2ncc(Cl)cc2c1. The zero-order valence-electron chi connectivity index (χ0n) is 16.6. The molecule has 1 aromatic heterocycles. The first-order valence-electron chi connectivity index (χ1n) is 9.16. The molecule has 0 unspecified atom stereocenters. The zero-order chi connectivity index (χ0) is 24.1. The number of nitrogens with zero attached hydrogens (tertiary/aromatic N) is 1. The van der Waals surface area contributed by atoms with E-state index in [-0.39, 0.29) is 28.7 Å². The molecule has 0 radical (unpaired) electrons. The van der Waals surface area contributed by atoms with Crippen LogP contribution >= 0.6 is 11.6 Å². The molecule has 0 aliphatic heterocycles. The van der Waals surface area contributed by atoms with Gasteiger partial charge in [-0.25, -0.2) is 4.39 Å². The van der Waals surface area contributed by atoms with Crippen molar-refractivity contribution in [3.8, 4) is 0 Å². The molecule has 3 rings (SSSR count). The van der Waals surface area contributed by atoms with Crippen molar-refractivity contribution in [2.45, 2.75) is 38.3 Å². The summed E-state index contributed by atoms with van der Waals surface area (Å²) in [7, 11) is 0. The molecule has 0 fully saturated rings. The van der Waals surface area contributed by atoms with E-state index in [2.05, 4.69) is 4.98 Å². The highest BCUT2D eigenvalue weighted by Gasteiger charge is 2.73. The van der Waals surface area contributed by atoms with Gasteiger partial charge in [-0.1, -0.05) is 23.7 Å². The molecule has 0 saturated heterocycles. The van der Waals surface area contributed by atoms with Gasteiger partial charge in [-0.2, -0.15) is 26.3 Å². The Labute approximate surface area is 183 Å². The average Bonchev–Trinajstić information content (AvgIpc) is 2.67. The molecular formula is C22H15ClF7NO. The summed E-state index contributed by atoms with van der Waals surface area (Å²) in [6.07, 6.45) is -11.3. The summed E-state index contributed by atoms with van der Waals surface area (Å²) >= 11 is 5.90. The number of carbonyl (C=O) groups excluding carboxylic acids is 1. The van der Waals surface area contributed by atoms with Crippen molar-refractivity contribution in [2.24, 2.45) is 0 Å². The third-order valence-electron chi connectivity index (χ3n) is 5.18. The molecule has 2 aromatic carbocycles. The minimum absolute atomic E-state index is 0.0608. The van der Waals surface area contributed by atoms with E-state index >= 15 is 0 Å². The van der Waals surface area contributed by atoms with Crippen LogP contribution in [-0.2, 0) is 12.1 Å². The molecule has 10 heteroatoms. The van der Waals surface area contributed by atoms with Crippen LogP contribution in [-0.4, -0.2) is 23.1 Å². The van der Waals surface area contributed by atoms with Crippen LogP contribution in [0.3, 0.4) is 0 Å². The van der Waals surface area contributed by atoms with Gasteiger partial charge in [0.2, 0.25) is 0 Å². The number of fused-ring (bicyclic) bond motifs is 1. The van der Waals surface area contributed by atoms with Crippen LogP contribution in [0.1, 0.15) is 32.6 Å². The summed E-state index contributed by atoms with van der Waals surface area (Å²) in [6, 6.07) is 7.20. The van der Waals surface area contributed by atoms with E-state index in [1.165, 1.54) is 32.2 Å². The number of rotatable bonds is 4. The number of benzene rings is 2. The number of aryl methyl sites for hydroxylation is 2. The Bertz CT molecular complexity index is 1160. The van der Waals surface area contributed by atoms with Crippen LogP contribution < -0.4 is 0 Å². The Morgan fingerprint density at radius 1 is 0.906 bits per heavy atom. The molecule has 0 N–H and O–H groups in total. The van der Waals surface area contributed by atoms with E-state index in [4.69, 9.17) is 11.6 Å². The fraction of sp³-hybridized carbons (Fsp3) is 0.273. The number of hydrogen-bond acceptors (Lipinski definition) is 2. The summed E-state index contributed by atoms with van der Waals surface area (Å²) < 4.78 is 92.8. The van der Waals surface area contributed by atoms with Gasteiger partial charge >= 0.3 is 18.0 Å². The van der Waals surface area contributed by atoms with Crippen molar-refractivity contribution in [3.05, 3.63) is 75.4 Å². The number of carbonyl (C=O) groups is 1. The molecular weight excluding hydrogens is 463 g/mol. The summed E-state index contributed by atoms with van der Waals surface area (Å²) in [6.45, 7) is 2.47. The lowest BCUT2D eigenvalue weighted by atomic mass is 9.87. The molecule has 32 heavy (non-hydrogen) atoms. The smallest absolute Gasteiger partial charge is 0.294 e. The van der Waals surface area contributed by atoms with Crippen LogP contribution in [0.25, 0.3) is 10.9 Å². The van der Waals surface area contributed by atoms with Gasteiger partial charge in [0, 0.05) is 29.1 Å². The molecule has 3 aromatic rings. The maximum Gasteiger partial charge on any atom is 0.435 e. The van der Waals surface area contributed by atoms with Crippen molar-refractivity contribution in [1.82, 2.24) is 4.98 Å². The van der Waals surface area contributed by atoms with Gasteiger partial charge < -0.3 is 0 Å². The highest BCUT2D eigenvalue weighted by atomic mass is 35.5. The third kappa shape index (κ3) is 4.18. The van der Waals surface area contributed by atoms with E-state index in [1.807, 2.05) is 0 Å². The normalized spacial score (nSPS) is 12.9. The fourth-order valence-electron chi connectivity index (χ4n) is 3.50. The predicted octanol–water partition coefficient (Wildman–Crippen LogP) is 7.22. The Balaban J connectivity index is 1.99. The molecule has 0 bridgehead atoms. The number of pyridine rings is 1. The maximum atomic E-state index is 14.4. The molecule has 0 atom stereocenters. The number of alkyl halides is 7. The highest BCUT2D eigenvalue weighted by molar-refractivity contribution is 6.31. The quantitative estimate of drug-likeness (QED) is 0.293. The number of aromatic nitrogens is 1. The summed E-state index contributed by atoms with van der Waals surface area (Å²) in [5.41, 5.74) is -6.16. The van der Waals surface area contributed by atoms with Crippen LogP contribution in [0.4, 0.5) is 30.7 Å². The van der Waals surface area contributed by atoms with E-state index in [0.29, 0.717) is 28.1 Å². The van der Waals surface area contributed by atoms with Crippen LogP contribution in [0, 0.1) is 13.8 Å². The van der Waals surface area contributed by atoms with Crippen molar-refractivity contribution in [1.29, 1.82) is 0 Å². The number of ketones is 1. The second-order valence-corrected chi connectivity index (χ2v) is 7.84. The molecule has 170 valence electrons. The molecule has 0 aliphatic carbocycles. The lowest BCUT2D eigenvalue weighted by Gasteiger charge is -2.31. The summed E-state index contributed by atoms with van der Waals surface area (Å²) in [5.74, 6) is -0.427. The molecule has 0 spiro atoms. The van der Waals surface area contributed by atoms with Crippen molar-refractivity contribution < 1.29 is 35.5 Å². The summed E-state index contributed by atoms with van der Waals surface area (Å²) in [4.78, 5) is 16.9. The second-order valence-electron chi connectivity index (χ2n) is 7.40.